The number of aryl methyl sites for hydroxylation is 2. The molecule has 0 radical (unpaired) electrons. The topological polar surface area (TPSA) is 21.1 Å². The Hall–Kier alpha value is -1.32. The van der Waals surface area contributed by atoms with Gasteiger partial charge >= 0.3 is 0 Å². The monoisotopic (exact) mass is 317 g/mol. The Balaban J connectivity index is 1.72. The quantitative estimate of drug-likeness (QED) is 0.843. The minimum atomic E-state index is 0.792. The van der Waals surface area contributed by atoms with Gasteiger partial charge in [0, 0.05) is 23.5 Å². The Labute approximate surface area is 137 Å². The van der Waals surface area contributed by atoms with Crippen LogP contribution in [0.4, 0.5) is 0 Å². The van der Waals surface area contributed by atoms with Crippen molar-refractivity contribution in [2.45, 2.75) is 46.2 Å². The molecule has 2 heterocycles. The molecule has 0 atom stereocenters. The highest BCUT2D eigenvalue weighted by atomic mass is 35.5. The summed E-state index contributed by atoms with van der Waals surface area (Å²) in [6, 6.07) is 6.52. The first-order chi connectivity index (χ1) is 10.6. The van der Waals surface area contributed by atoms with Crippen LogP contribution in [-0.2, 0) is 13.1 Å². The van der Waals surface area contributed by atoms with E-state index in [9.17, 15) is 0 Å². The average molecular weight is 318 g/mol. The van der Waals surface area contributed by atoms with E-state index >= 15 is 0 Å². The van der Waals surface area contributed by atoms with E-state index in [4.69, 9.17) is 11.6 Å². The molecule has 3 nitrogen and oxygen atoms in total. The molecule has 2 aromatic rings. The van der Waals surface area contributed by atoms with Gasteiger partial charge in [0.25, 0.3) is 0 Å². The average Bonchev–Trinajstić information content (AvgIpc) is 2.83. The highest BCUT2D eigenvalue weighted by Crippen LogP contribution is 2.22. The predicted molar refractivity (Wildman–Crippen MR) is 91.4 cm³/mol. The van der Waals surface area contributed by atoms with Crippen LogP contribution in [0.1, 0.15) is 41.9 Å². The number of piperidine rings is 1. The van der Waals surface area contributed by atoms with Gasteiger partial charge in [-0.25, -0.2) is 4.98 Å². The molecule has 3 rings (SSSR count). The van der Waals surface area contributed by atoms with Crippen LogP contribution in [0.15, 0.2) is 24.4 Å². The minimum absolute atomic E-state index is 0.792. The number of aromatic nitrogens is 2. The van der Waals surface area contributed by atoms with Crippen LogP contribution in [-0.4, -0.2) is 27.5 Å². The molecule has 0 amide bonds. The van der Waals surface area contributed by atoms with Crippen molar-refractivity contribution in [3.63, 3.8) is 0 Å². The first kappa shape index (κ1) is 15.6. The van der Waals surface area contributed by atoms with Crippen LogP contribution in [0.3, 0.4) is 0 Å². The van der Waals surface area contributed by atoms with Crippen LogP contribution < -0.4 is 0 Å². The van der Waals surface area contributed by atoms with Gasteiger partial charge in [0.1, 0.15) is 5.82 Å². The van der Waals surface area contributed by atoms with E-state index in [1.54, 1.807) is 0 Å². The van der Waals surface area contributed by atoms with Crippen molar-refractivity contribution in [1.29, 1.82) is 0 Å². The van der Waals surface area contributed by atoms with E-state index in [0.29, 0.717) is 0 Å². The van der Waals surface area contributed by atoms with Gasteiger partial charge in [-0.05, 0) is 57.0 Å². The van der Waals surface area contributed by atoms with Gasteiger partial charge in [-0.1, -0.05) is 30.2 Å². The summed E-state index contributed by atoms with van der Waals surface area (Å²) >= 11 is 6.52. The standard InChI is InChI=1S/C18H24ClN3/c1-14-11-20-15(2)22(14)13-17-7-6-16(10-18(17)19)12-21-8-4-3-5-9-21/h6-7,10-11H,3-5,8-9,12-13H2,1-2H3. The van der Waals surface area contributed by atoms with Crippen molar-refractivity contribution in [2.75, 3.05) is 13.1 Å². The predicted octanol–water partition coefficient (Wildman–Crippen LogP) is 4.19. The van der Waals surface area contributed by atoms with Gasteiger partial charge in [-0.2, -0.15) is 0 Å². The lowest BCUT2D eigenvalue weighted by Gasteiger charge is -2.26. The lowest BCUT2D eigenvalue weighted by atomic mass is 10.1. The van der Waals surface area contributed by atoms with Crippen molar-refractivity contribution < 1.29 is 0 Å². The number of rotatable bonds is 4. The molecule has 0 N–H and O–H groups in total. The van der Waals surface area contributed by atoms with Gasteiger partial charge in [0.05, 0.1) is 6.54 Å². The van der Waals surface area contributed by atoms with Crippen LogP contribution in [0, 0.1) is 13.8 Å². The van der Waals surface area contributed by atoms with E-state index < -0.39 is 0 Å². The molecule has 0 aliphatic carbocycles. The molecule has 118 valence electrons. The van der Waals surface area contributed by atoms with Crippen molar-refractivity contribution in [3.8, 4) is 0 Å². The van der Waals surface area contributed by atoms with E-state index in [2.05, 4.69) is 39.6 Å². The number of likely N-dealkylation sites (tertiary alicyclic amines) is 1. The van der Waals surface area contributed by atoms with Crippen molar-refractivity contribution in [3.05, 3.63) is 52.1 Å². The zero-order valence-electron chi connectivity index (χ0n) is 13.5. The summed E-state index contributed by atoms with van der Waals surface area (Å²) in [4.78, 5) is 6.88. The molecule has 0 unspecified atom stereocenters. The Bertz CT molecular complexity index is 622. The number of imidazole rings is 1. The molecule has 22 heavy (non-hydrogen) atoms. The molecule has 1 aliphatic heterocycles. The Morgan fingerprint density at radius 1 is 1.09 bits per heavy atom. The molecule has 1 aliphatic rings. The molecule has 1 fully saturated rings. The van der Waals surface area contributed by atoms with E-state index in [1.165, 1.54) is 43.6 Å². The second kappa shape index (κ2) is 6.84. The van der Waals surface area contributed by atoms with E-state index in [0.717, 1.165) is 29.5 Å². The van der Waals surface area contributed by atoms with Crippen LogP contribution >= 0.6 is 11.6 Å². The zero-order valence-corrected chi connectivity index (χ0v) is 14.2. The number of hydrogen-bond acceptors (Lipinski definition) is 2. The fourth-order valence-electron chi connectivity index (χ4n) is 3.18. The molecule has 0 spiro atoms. The summed E-state index contributed by atoms with van der Waals surface area (Å²) in [5, 5.41) is 0.863. The first-order valence-electron chi connectivity index (χ1n) is 8.12. The second-order valence-corrected chi connectivity index (χ2v) is 6.70. The molecule has 1 aromatic heterocycles. The fourth-order valence-corrected chi connectivity index (χ4v) is 3.45. The third kappa shape index (κ3) is 3.53. The van der Waals surface area contributed by atoms with Crippen LogP contribution in [0.5, 0.6) is 0 Å². The minimum Gasteiger partial charge on any atom is -0.328 e. The molecule has 0 saturated carbocycles. The molecular formula is C18H24ClN3. The lowest BCUT2D eigenvalue weighted by molar-refractivity contribution is 0.221. The third-order valence-electron chi connectivity index (χ3n) is 4.56. The largest absolute Gasteiger partial charge is 0.328 e. The van der Waals surface area contributed by atoms with Gasteiger partial charge < -0.3 is 4.57 Å². The third-order valence-corrected chi connectivity index (χ3v) is 4.91. The molecule has 4 heteroatoms. The maximum Gasteiger partial charge on any atom is 0.106 e. The number of nitrogens with zero attached hydrogens (tertiary/aromatic N) is 3. The zero-order chi connectivity index (χ0) is 15.5. The fraction of sp³-hybridized carbons (Fsp3) is 0.500. The molecule has 1 saturated heterocycles. The van der Waals surface area contributed by atoms with Gasteiger partial charge in [0.2, 0.25) is 0 Å². The highest BCUT2D eigenvalue weighted by Gasteiger charge is 2.12. The van der Waals surface area contributed by atoms with Gasteiger partial charge in [-0.3, -0.25) is 4.90 Å². The maximum atomic E-state index is 6.52. The van der Waals surface area contributed by atoms with E-state index in [1.807, 2.05) is 13.1 Å². The highest BCUT2D eigenvalue weighted by molar-refractivity contribution is 6.31. The lowest BCUT2D eigenvalue weighted by Crippen LogP contribution is -2.29. The second-order valence-electron chi connectivity index (χ2n) is 6.30. The summed E-state index contributed by atoms with van der Waals surface area (Å²) in [5.41, 5.74) is 3.65. The summed E-state index contributed by atoms with van der Waals surface area (Å²) in [5.74, 6) is 1.03. The van der Waals surface area contributed by atoms with Crippen LogP contribution in [0.2, 0.25) is 5.02 Å². The molecular weight excluding hydrogens is 294 g/mol. The van der Waals surface area contributed by atoms with Crippen molar-refractivity contribution >= 4 is 11.6 Å². The normalized spacial score (nSPS) is 16.1. The Morgan fingerprint density at radius 2 is 1.86 bits per heavy atom. The number of hydrogen-bond donors (Lipinski definition) is 0. The van der Waals surface area contributed by atoms with Gasteiger partial charge in [-0.15, -0.1) is 0 Å². The van der Waals surface area contributed by atoms with Crippen LogP contribution in [0.25, 0.3) is 0 Å². The smallest absolute Gasteiger partial charge is 0.106 e. The first-order valence-corrected chi connectivity index (χ1v) is 8.49. The van der Waals surface area contributed by atoms with Crippen molar-refractivity contribution in [2.24, 2.45) is 0 Å². The Kier molecular flexibility index (Phi) is 4.84. The molecule has 1 aromatic carbocycles. The molecule has 0 bridgehead atoms. The number of benzene rings is 1. The SMILES string of the molecule is Cc1cnc(C)n1Cc1ccc(CN2CCCCC2)cc1Cl. The summed E-state index contributed by atoms with van der Waals surface area (Å²) in [6.07, 6.45) is 5.93. The van der Waals surface area contributed by atoms with E-state index in [-0.39, 0.29) is 0 Å². The maximum absolute atomic E-state index is 6.52. The summed E-state index contributed by atoms with van der Waals surface area (Å²) in [7, 11) is 0. The van der Waals surface area contributed by atoms with Crippen molar-refractivity contribution in [1.82, 2.24) is 14.5 Å². The summed E-state index contributed by atoms with van der Waals surface area (Å²) in [6.45, 7) is 8.35. The van der Waals surface area contributed by atoms with Gasteiger partial charge in [0.15, 0.2) is 0 Å². The number of halogens is 1. The summed E-state index contributed by atoms with van der Waals surface area (Å²) < 4.78 is 2.20. The Morgan fingerprint density at radius 3 is 2.50 bits per heavy atom.